The van der Waals surface area contributed by atoms with Crippen LogP contribution in [0.4, 0.5) is 5.69 Å². The van der Waals surface area contributed by atoms with Gasteiger partial charge in [0.25, 0.3) is 5.69 Å². The minimum Gasteiger partial charge on any atom is -0.459 e. The Labute approximate surface area is 389 Å². The Bertz CT molecular complexity index is 2540. The number of oxime groups is 1. The van der Waals surface area contributed by atoms with E-state index in [9.17, 15) is 25.1 Å². The Morgan fingerprint density at radius 3 is 2.45 bits per heavy atom. The molecule has 0 unspecified atom stereocenters. The molecule has 1 fully saturated rings. The third kappa shape index (κ3) is 9.99. The highest BCUT2D eigenvalue weighted by Crippen LogP contribution is 2.62. The van der Waals surface area contributed by atoms with Gasteiger partial charge >= 0.3 is 0 Å². The standard InChI is InChI=1S/C52H55N3O12/c1-3-25-65-52-48(54(31-35-15-20-46-47(27-35)64-33-63-46)49(59)22-16-34-13-17-38(18-14-34)55(60)61)30-44(53-62-2)42-28-37(10-4-6-23-56)41(12-5-7-24-57)50(51(42)52)43-29-40(19-21-45(43)67-52)66-39-11-8-9-36(26-39)32-58/h3,8-9,11,13-22,26-29,32,37,41,48,50-51,56-57H,1,4-7,10,12,23-25,30-31,33H2,2H3/t37-,41+,48-,50+,51+,52+/m0/s1. The van der Waals surface area contributed by atoms with E-state index in [1.54, 1.807) is 53.5 Å². The van der Waals surface area contributed by atoms with Gasteiger partial charge in [0.1, 0.15) is 36.7 Å². The van der Waals surface area contributed by atoms with Crippen LogP contribution < -0.4 is 18.9 Å². The minimum atomic E-state index is -1.55. The normalized spacial score (nSPS) is 22.8. The summed E-state index contributed by atoms with van der Waals surface area (Å²) < 4.78 is 32.3. The number of benzene rings is 4. The number of ether oxygens (including phenoxy) is 5. The van der Waals surface area contributed by atoms with Gasteiger partial charge in [-0.25, -0.2) is 0 Å². The first-order valence-corrected chi connectivity index (χ1v) is 22.7. The van der Waals surface area contributed by atoms with E-state index in [0.29, 0.717) is 58.4 Å². The van der Waals surface area contributed by atoms with E-state index >= 15 is 4.79 Å². The second kappa shape index (κ2) is 21.2. The summed E-state index contributed by atoms with van der Waals surface area (Å²) in [6, 6.07) is 23.2. The average molecular weight is 914 g/mol. The van der Waals surface area contributed by atoms with E-state index in [-0.39, 0.29) is 63.0 Å². The second-order valence-corrected chi connectivity index (χ2v) is 17.1. The number of rotatable bonds is 21. The van der Waals surface area contributed by atoms with Crippen LogP contribution in [0.15, 0.2) is 120 Å². The fourth-order valence-corrected chi connectivity index (χ4v) is 10.2. The number of aliphatic hydroxyl groups is 2. The lowest BCUT2D eigenvalue weighted by Crippen LogP contribution is -2.70. The van der Waals surface area contributed by atoms with Crippen molar-refractivity contribution in [3.05, 3.63) is 148 Å². The van der Waals surface area contributed by atoms with Gasteiger partial charge in [-0.3, -0.25) is 19.7 Å². The molecule has 1 saturated carbocycles. The summed E-state index contributed by atoms with van der Waals surface area (Å²) in [6.07, 6.45) is 12.2. The fraction of sp³-hybridized carbons (Fsp3) is 0.365. The van der Waals surface area contributed by atoms with Crippen molar-refractivity contribution < 1.29 is 53.2 Å². The van der Waals surface area contributed by atoms with Crippen molar-refractivity contribution in [3.8, 4) is 28.7 Å². The minimum absolute atomic E-state index is 0.00741. The van der Waals surface area contributed by atoms with Crippen LogP contribution in [0.3, 0.4) is 0 Å². The van der Waals surface area contributed by atoms with Crippen LogP contribution in [-0.4, -0.2) is 83.5 Å². The van der Waals surface area contributed by atoms with Crippen LogP contribution in [0, 0.1) is 27.9 Å². The predicted octanol–water partition coefficient (Wildman–Crippen LogP) is 8.93. The fourth-order valence-electron chi connectivity index (χ4n) is 10.2. The zero-order valence-electron chi connectivity index (χ0n) is 37.4. The van der Waals surface area contributed by atoms with E-state index in [1.807, 2.05) is 36.4 Å². The van der Waals surface area contributed by atoms with Crippen molar-refractivity contribution in [1.82, 2.24) is 4.90 Å². The molecule has 8 rings (SSSR count). The molecule has 2 aliphatic heterocycles. The summed E-state index contributed by atoms with van der Waals surface area (Å²) in [5.41, 5.74) is 4.08. The van der Waals surface area contributed by atoms with Gasteiger partial charge < -0.3 is 43.6 Å². The van der Waals surface area contributed by atoms with Crippen molar-refractivity contribution >= 4 is 29.7 Å². The number of non-ortho nitro benzene ring substituents is 1. The highest BCUT2D eigenvalue weighted by atomic mass is 16.7. The molecule has 350 valence electrons. The summed E-state index contributed by atoms with van der Waals surface area (Å²) in [6.45, 7) is 4.34. The van der Waals surface area contributed by atoms with Gasteiger partial charge in [-0.05, 0) is 115 Å². The monoisotopic (exact) mass is 913 g/mol. The molecule has 15 nitrogen and oxygen atoms in total. The Hall–Kier alpha value is -6.81. The highest BCUT2D eigenvalue weighted by Gasteiger charge is 2.65. The number of fused-ring (bicyclic) bond motifs is 3. The molecule has 0 bridgehead atoms. The first kappa shape index (κ1) is 46.7. The van der Waals surface area contributed by atoms with E-state index in [2.05, 4.69) is 17.8 Å². The average Bonchev–Trinajstić information content (AvgIpc) is 3.82. The molecule has 0 aromatic heterocycles. The molecule has 2 aliphatic carbocycles. The highest BCUT2D eigenvalue weighted by molar-refractivity contribution is 6.03. The number of hydrogen-bond acceptors (Lipinski definition) is 13. The number of nitrogens with zero attached hydrogens (tertiary/aromatic N) is 3. The maximum atomic E-state index is 15.2. The number of allylic oxidation sites excluding steroid dienone is 1. The van der Waals surface area contributed by atoms with Crippen LogP contribution in [0.25, 0.3) is 6.08 Å². The van der Waals surface area contributed by atoms with Crippen LogP contribution in [0.2, 0.25) is 0 Å². The van der Waals surface area contributed by atoms with Crippen LogP contribution in [0.5, 0.6) is 28.7 Å². The first-order valence-electron chi connectivity index (χ1n) is 22.7. The second-order valence-electron chi connectivity index (χ2n) is 17.1. The third-order valence-corrected chi connectivity index (χ3v) is 13.0. The summed E-state index contributed by atoms with van der Waals surface area (Å²) in [5.74, 6) is -0.190. The Morgan fingerprint density at radius 1 is 0.940 bits per heavy atom. The predicted molar refractivity (Wildman–Crippen MR) is 249 cm³/mol. The molecule has 4 aromatic carbocycles. The number of carbonyl (C=O) groups is 2. The lowest BCUT2D eigenvalue weighted by Gasteiger charge is -2.60. The van der Waals surface area contributed by atoms with E-state index in [0.717, 1.165) is 48.7 Å². The van der Waals surface area contributed by atoms with Crippen molar-refractivity contribution in [2.24, 2.45) is 22.9 Å². The zero-order chi connectivity index (χ0) is 46.9. The molecule has 67 heavy (non-hydrogen) atoms. The number of unbranched alkanes of at least 4 members (excludes halogenated alkanes) is 2. The molecule has 0 spiro atoms. The van der Waals surface area contributed by atoms with E-state index < -0.39 is 28.6 Å². The van der Waals surface area contributed by atoms with Crippen LogP contribution in [0.1, 0.15) is 77.9 Å². The number of aliphatic hydroxyl groups excluding tert-OH is 2. The lowest BCUT2D eigenvalue weighted by molar-refractivity contribution is -0.384. The molecule has 4 aliphatic rings. The molecule has 2 N–H and O–H groups in total. The molecule has 0 saturated heterocycles. The Balaban J connectivity index is 1.32. The number of carbonyl (C=O) groups excluding carboxylic acids is 2. The smallest absolute Gasteiger partial charge is 0.269 e. The van der Waals surface area contributed by atoms with Crippen molar-refractivity contribution in [2.75, 3.05) is 33.7 Å². The quantitative estimate of drug-likeness (QED) is 0.0202. The summed E-state index contributed by atoms with van der Waals surface area (Å²) in [7, 11) is 1.49. The molecular weight excluding hydrogens is 859 g/mol. The number of nitro groups is 1. The number of nitro benzene ring substituents is 1. The SMILES string of the molecule is C=CCO[C@@]12Oc3ccc(Oc4cccc(C=O)c4)cc3[C@H]3[C@H](CCCCO)[C@@H](CCCCO)C=C(C(=NOC)C[C@@H]1N(Cc1ccc4c(c1)OCO4)C(=O)C=Cc1ccc([N+](=O)[O-])cc1)[C@H]32. The van der Waals surface area contributed by atoms with Gasteiger partial charge in [0, 0.05) is 61.4 Å². The largest absolute Gasteiger partial charge is 0.459 e. The van der Waals surface area contributed by atoms with E-state index in [4.69, 9.17) is 28.5 Å². The maximum Gasteiger partial charge on any atom is 0.269 e. The molecule has 4 aromatic rings. The number of hydrogen-bond donors (Lipinski definition) is 2. The molecule has 15 heteroatoms. The number of aldehydes is 1. The summed E-state index contributed by atoms with van der Waals surface area (Å²) in [5, 5.41) is 36.0. The summed E-state index contributed by atoms with van der Waals surface area (Å²) >= 11 is 0. The van der Waals surface area contributed by atoms with Crippen molar-refractivity contribution in [1.29, 1.82) is 0 Å². The Kier molecular flexibility index (Phi) is 14.8. The van der Waals surface area contributed by atoms with Gasteiger partial charge in [0.05, 0.1) is 23.2 Å². The zero-order valence-corrected chi connectivity index (χ0v) is 37.4. The lowest BCUT2D eigenvalue weighted by atomic mass is 9.55. The van der Waals surface area contributed by atoms with E-state index in [1.165, 1.54) is 25.3 Å². The van der Waals surface area contributed by atoms with Gasteiger partial charge in [-0.1, -0.05) is 48.3 Å². The third-order valence-electron chi connectivity index (χ3n) is 13.0. The van der Waals surface area contributed by atoms with Crippen LogP contribution >= 0.6 is 0 Å². The van der Waals surface area contributed by atoms with Gasteiger partial charge in [-0.2, -0.15) is 0 Å². The summed E-state index contributed by atoms with van der Waals surface area (Å²) in [4.78, 5) is 45.1. The molecule has 0 radical (unpaired) electrons. The molecule has 6 atom stereocenters. The molecule has 1 amide bonds. The Morgan fingerprint density at radius 2 is 1.70 bits per heavy atom. The van der Waals surface area contributed by atoms with Gasteiger partial charge in [-0.15, -0.1) is 6.58 Å². The maximum absolute atomic E-state index is 15.2. The topological polar surface area (TPSA) is 189 Å². The first-order chi connectivity index (χ1) is 32.7. The number of amides is 1. The molecular formula is C52H55N3O12. The van der Waals surface area contributed by atoms with Crippen molar-refractivity contribution in [3.63, 3.8) is 0 Å². The van der Waals surface area contributed by atoms with Gasteiger partial charge in [0.2, 0.25) is 18.5 Å². The van der Waals surface area contributed by atoms with Crippen LogP contribution in [-0.2, 0) is 20.9 Å². The van der Waals surface area contributed by atoms with Gasteiger partial charge in [0.15, 0.2) is 11.5 Å². The van der Waals surface area contributed by atoms with Crippen molar-refractivity contribution in [2.45, 2.75) is 69.2 Å². The molecule has 2 heterocycles.